The number of aliphatic hydroxyl groups excluding tert-OH is 1. The molecule has 2 fully saturated rings. The Labute approximate surface area is 212 Å². The average Bonchev–Trinajstić information content (AvgIpc) is 2.87. The van der Waals surface area contributed by atoms with Crippen LogP contribution in [0.4, 0.5) is 22.0 Å². The van der Waals surface area contributed by atoms with E-state index < -0.39 is 37.5 Å². The molecule has 3 rings (SSSR count). The molecule has 0 aromatic heterocycles. The van der Waals surface area contributed by atoms with Crippen molar-refractivity contribution in [3.8, 4) is 0 Å². The fourth-order valence-corrected chi connectivity index (χ4v) is 4.18. The molecule has 0 saturated carbocycles. The number of carbonyl (C=O) groups excluding carboxylic acids is 1. The SMILES string of the molecule is O=C(c1ccc(F)cc1)N(CCN1CCOCC1)C[C@H]1CN(C[C@H](O)COCC(F)(F)C(F)F)CCO1. The number of hydrogen-bond donors (Lipinski definition) is 1. The van der Waals surface area contributed by atoms with Crippen LogP contribution in [0.1, 0.15) is 10.4 Å². The molecule has 1 aromatic rings. The number of hydrogen-bond acceptors (Lipinski definition) is 7. The van der Waals surface area contributed by atoms with Crippen molar-refractivity contribution in [2.75, 3.05) is 85.4 Å². The topological polar surface area (TPSA) is 74.7 Å². The van der Waals surface area contributed by atoms with E-state index in [0.717, 1.165) is 13.1 Å². The molecule has 0 bridgehead atoms. The normalized spacial score (nSPS) is 20.8. The van der Waals surface area contributed by atoms with E-state index in [1.54, 1.807) is 4.90 Å². The number of nitrogens with zero attached hydrogens (tertiary/aromatic N) is 3. The van der Waals surface area contributed by atoms with E-state index in [2.05, 4.69) is 9.64 Å². The van der Waals surface area contributed by atoms with Gasteiger partial charge in [0.2, 0.25) is 0 Å². The van der Waals surface area contributed by atoms with E-state index in [9.17, 15) is 31.9 Å². The molecule has 37 heavy (non-hydrogen) atoms. The van der Waals surface area contributed by atoms with Crippen LogP contribution in [0.25, 0.3) is 0 Å². The van der Waals surface area contributed by atoms with Crippen molar-refractivity contribution < 1.29 is 46.1 Å². The van der Waals surface area contributed by atoms with Crippen LogP contribution < -0.4 is 0 Å². The van der Waals surface area contributed by atoms with Crippen molar-refractivity contribution in [1.82, 2.24) is 14.7 Å². The number of β-amino-alcohol motifs (C(OH)–C–C–N with tert-alkyl or cyclic N) is 1. The van der Waals surface area contributed by atoms with E-state index in [1.807, 2.05) is 4.90 Å². The van der Waals surface area contributed by atoms with Gasteiger partial charge in [-0.1, -0.05) is 0 Å². The summed E-state index contributed by atoms with van der Waals surface area (Å²) in [6.07, 6.45) is -5.39. The fraction of sp³-hybridized carbons (Fsp3) is 0.708. The number of amides is 1. The lowest BCUT2D eigenvalue weighted by Crippen LogP contribution is -2.52. The summed E-state index contributed by atoms with van der Waals surface area (Å²) in [5, 5.41) is 10.1. The minimum absolute atomic E-state index is 0.0692. The first-order valence-electron chi connectivity index (χ1n) is 12.2. The van der Waals surface area contributed by atoms with Crippen molar-refractivity contribution in [2.45, 2.75) is 24.6 Å². The van der Waals surface area contributed by atoms with Crippen LogP contribution in [0, 0.1) is 5.82 Å². The molecule has 0 radical (unpaired) electrons. The summed E-state index contributed by atoms with van der Waals surface area (Å²) in [7, 11) is 0. The number of rotatable bonds is 13. The van der Waals surface area contributed by atoms with E-state index in [4.69, 9.17) is 9.47 Å². The van der Waals surface area contributed by atoms with Crippen molar-refractivity contribution in [3.63, 3.8) is 0 Å². The van der Waals surface area contributed by atoms with E-state index in [0.29, 0.717) is 51.6 Å². The predicted octanol–water partition coefficient (Wildman–Crippen LogP) is 1.58. The van der Waals surface area contributed by atoms with Gasteiger partial charge in [0.15, 0.2) is 0 Å². The van der Waals surface area contributed by atoms with Gasteiger partial charge < -0.3 is 24.2 Å². The molecule has 2 saturated heterocycles. The second-order valence-electron chi connectivity index (χ2n) is 9.20. The van der Waals surface area contributed by atoms with Crippen LogP contribution >= 0.6 is 0 Å². The summed E-state index contributed by atoms with van der Waals surface area (Å²) in [6, 6.07) is 5.32. The maximum atomic E-state index is 13.4. The lowest BCUT2D eigenvalue weighted by atomic mass is 10.1. The van der Waals surface area contributed by atoms with E-state index in [1.165, 1.54) is 24.3 Å². The number of aliphatic hydroxyl groups is 1. The van der Waals surface area contributed by atoms with Gasteiger partial charge in [-0.2, -0.15) is 8.78 Å². The zero-order valence-corrected chi connectivity index (χ0v) is 20.5. The van der Waals surface area contributed by atoms with Gasteiger partial charge in [-0.25, -0.2) is 13.2 Å². The molecule has 13 heteroatoms. The molecular formula is C24H34F5N3O5. The number of halogens is 5. The van der Waals surface area contributed by atoms with Crippen LogP contribution in [-0.2, 0) is 14.2 Å². The first kappa shape index (κ1) is 29.7. The summed E-state index contributed by atoms with van der Waals surface area (Å²) in [5.74, 6) is -4.98. The quantitative estimate of drug-likeness (QED) is 0.382. The Morgan fingerprint density at radius 2 is 1.81 bits per heavy atom. The number of ether oxygens (including phenoxy) is 3. The Balaban J connectivity index is 1.53. The zero-order valence-electron chi connectivity index (χ0n) is 20.5. The van der Waals surface area contributed by atoms with Gasteiger partial charge in [-0.15, -0.1) is 0 Å². The van der Waals surface area contributed by atoms with Gasteiger partial charge >= 0.3 is 12.3 Å². The largest absolute Gasteiger partial charge is 0.389 e. The highest BCUT2D eigenvalue weighted by molar-refractivity contribution is 5.94. The van der Waals surface area contributed by atoms with Crippen LogP contribution in [0.2, 0.25) is 0 Å². The predicted molar refractivity (Wildman–Crippen MR) is 124 cm³/mol. The standard InChI is InChI=1S/C24H34F5N3O5/c25-19-3-1-18(2-4-19)22(34)32(6-5-30-7-10-35-11-8-30)15-21-14-31(9-12-37-21)13-20(33)16-36-17-24(28,29)23(26)27/h1-4,20-21,23,33H,5-17H2/t20-,21+/m0/s1. The highest BCUT2D eigenvalue weighted by atomic mass is 19.3. The molecule has 8 nitrogen and oxygen atoms in total. The Kier molecular flexibility index (Phi) is 11.5. The minimum Gasteiger partial charge on any atom is -0.389 e. The van der Waals surface area contributed by atoms with Crippen LogP contribution in [0.5, 0.6) is 0 Å². The molecule has 1 aromatic carbocycles. The zero-order chi connectivity index (χ0) is 26.8. The third kappa shape index (κ3) is 9.73. The lowest BCUT2D eigenvalue weighted by molar-refractivity contribution is -0.171. The molecule has 1 N–H and O–H groups in total. The smallest absolute Gasteiger partial charge is 0.330 e. The fourth-order valence-electron chi connectivity index (χ4n) is 4.18. The molecule has 1 amide bonds. The van der Waals surface area contributed by atoms with E-state index >= 15 is 0 Å². The molecule has 0 spiro atoms. The first-order valence-corrected chi connectivity index (χ1v) is 12.2. The third-order valence-electron chi connectivity index (χ3n) is 6.21. The Morgan fingerprint density at radius 1 is 1.14 bits per heavy atom. The molecule has 2 heterocycles. The van der Waals surface area contributed by atoms with Gasteiger partial charge in [0.1, 0.15) is 12.4 Å². The average molecular weight is 540 g/mol. The number of morpholine rings is 2. The second kappa shape index (κ2) is 14.3. The summed E-state index contributed by atoms with van der Waals surface area (Å²) in [5.41, 5.74) is 0.351. The third-order valence-corrected chi connectivity index (χ3v) is 6.21. The van der Waals surface area contributed by atoms with E-state index in [-0.39, 0.29) is 25.1 Å². The van der Waals surface area contributed by atoms with Gasteiger partial charge in [-0.3, -0.25) is 14.6 Å². The van der Waals surface area contributed by atoms with Crippen LogP contribution in [-0.4, -0.2) is 136 Å². The molecular weight excluding hydrogens is 505 g/mol. The van der Waals surface area contributed by atoms with Crippen LogP contribution in [0.3, 0.4) is 0 Å². The summed E-state index contributed by atoms with van der Waals surface area (Å²) >= 11 is 0. The van der Waals surface area contributed by atoms with Crippen molar-refractivity contribution in [3.05, 3.63) is 35.6 Å². The maximum Gasteiger partial charge on any atom is 0.330 e. The maximum absolute atomic E-state index is 13.4. The lowest BCUT2D eigenvalue weighted by Gasteiger charge is -2.37. The highest BCUT2D eigenvalue weighted by Gasteiger charge is 2.41. The monoisotopic (exact) mass is 539 g/mol. The second-order valence-corrected chi connectivity index (χ2v) is 9.20. The molecule has 2 atom stereocenters. The Bertz CT molecular complexity index is 829. The molecule has 210 valence electrons. The van der Waals surface area contributed by atoms with Gasteiger partial charge in [-0.05, 0) is 24.3 Å². The minimum atomic E-state index is -4.27. The van der Waals surface area contributed by atoms with Gasteiger partial charge in [0.25, 0.3) is 5.91 Å². The van der Waals surface area contributed by atoms with Crippen molar-refractivity contribution in [1.29, 1.82) is 0 Å². The molecule has 0 aliphatic carbocycles. The van der Waals surface area contributed by atoms with Gasteiger partial charge in [0.05, 0.1) is 38.6 Å². The van der Waals surface area contributed by atoms with Crippen molar-refractivity contribution in [2.24, 2.45) is 0 Å². The Morgan fingerprint density at radius 3 is 2.49 bits per heavy atom. The highest BCUT2D eigenvalue weighted by Crippen LogP contribution is 2.23. The number of carbonyl (C=O) groups is 1. The molecule has 0 unspecified atom stereocenters. The van der Waals surface area contributed by atoms with Crippen LogP contribution in [0.15, 0.2) is 24.3 Å². The first-order chi connectivity index (χ1) is 17.6. The molecule has 2 aliphatic rings. The summed E-state index contributed by atoms with van der Waals surface area (Å²) in [4.78, 5) is 18.9. The van der Waals surface area contributed by atoms with Gasteiger partial charge in [0, 0.05) is 57.9 Å². The molecule has 2 aliphatic heterocycles. The number of benzene rings is 1. The number of alkyl halides is 4. The Hall–Kier alpha value is -1.90. The summed E-state index contributed by atoms with van der Waals surface area (Å²) < 4.78 is 79.6. The van der Waals surface area contributed by atoms with Crippen molar-refractivity contribution >= 4 is 5.91 Å². The summed E-state index contributed by atoms with van der Waals surface area (Å²) in [6.45, 7) is 3.29.